The first-order chi connectivity index (χ1) is 25.0. The van der Waals surface area contributed by atoms with E-state index in [-0.39, 0.29) is 48.6 Å². The van der Waals surface area contributed by atoms with E-state index in [2.05, 4.69) is 34.6 Å². The summed E-state index contributed by atoms with van der Waals surface area (Å²) < 4.78 is 16.6. The summed E-state index contributed by atoms with van der Waals surface area (Å²) in [5.74, 6) is -1.79. The number of esters is 2. The number of hydrogen-bond donors (Lipinski definition) is 1. The Morgan fingerprint density at radius 2 is 1.50 bits per heavy atom. The van der Waals surface area contributed by atoms with Gasteiger partial charge in [-0.05, 0) is 46.6 Å². The standard InChI is InChI=1S/C41H47N3O7S/c1-25(2)36(44(5)41(48)50-23-34-32-18-12-10-16-30(32)31-17-11-13-19-33(31)34)22-37(51-27(4)45)39-43-35(24-52-39)38(46)42-29(20-26(3)40(47)49-6)21-28-14-8-7-9-15-28/h7-19,24-26,29,34,36-37H,20-23H2,1-6H3,(H,42,46)/t26-,29+,36+,37+/m0/s1. The molecule has 1 aliphatic carbocycles. The molecule has 0 saturated heterocycles. The number of carbonyl (C=O) groups is 4. The number of thiazole rings is 1. The Balaban J connectivity index is 1.28. The molecule has 4 aromatic rings. The molecule has 0 spiro atoms. The van der Waals surface area contributed by atoms with Gasteiger partial charge in [0.05, 0.1) is 13.0 Å². The fourth-order valence-electron chi connectivity index (χ4n) is 6.94. The Hall–Kier alpha value is -5.03. The first kappa shape index (κ1) is 38.2. The minimum Gasteiger partial charge on any atom is -0.469 e. The molecule has 0 aliphatic heterocycles. The van der Waals surface area contributed by atoms with Crippen LogP contribution in [0.15, 0.2) is 84.2 Å². The Morgan fingerprint density at radius 1 is 0.885 bits per heavy atom. The van der Waals surface area contributed by atoms with Crippen LogP contribution < -0.4 is 5.32 Å². The fourth-order valence-corrected chi connectivity index (χ4v) is 7.78. The highest BCUT2D eigenvalue weighted by molar-refractivity contribution is 7.09. The van der Waals surface area contributed by atoms with Gasteiger partial charge in [-0.1, -0.05) is 99.6 Å². The summed E-state index contributed by atoms with van der Waals surface area (Å²) in [5, 5.41) is 5.12. The van der Waals surface area contributed by atoms with E-state index in [1.807, 2.05) is 68.4 Å². The number of fused-ring (bicyclic) bond motifs is 3. The average Bonchev–Trinajstić information content (AvgIpc) is 3.75. The predicted molar refractivity (Wildman–Crippen MR) is 200 cm³/mol. The number of ether oxygens (including phenoxy) is 3. The number of amides is 2. The van der Waals surface area contributed by atoms with Crippen LogP contribution in [0.25, 0.3) is 11.1 Å². The molecule has 1 N–H and O–H groups in total. The highest BCUT2D eigenvalue weighted by atomic mass is 32.1. The highest BCUT2D eigenvalue weighted by Gasteiger charge is 2.34. The summed E-state index contributed by atoms with van der Waals surface area (Å²) in [6, 6.07) is 25.3. The lowest BCUT2D eigenvalue weighted by Crippen LogP contribution is -2.42. The molecule has 0 saturated carbocycles. The number of benzene rings is 3. The molecule has 0 radical (unpaired) electrons. The molecule has 5 rings (SSSR count). The van der Waals surface area contributed by atoms with Crippen molar-refractivity contribution >= 4 is 35.3 Å². The van der Waals surface area contributed by atoms with E-state index in [4.69, 9.17) is 14.2 Å². The summed E-state index contributed by atoms with van der Waals surface area (Å²) >= 11 is 1.21. The molecule has 2 amide bonds. The smallest absolute Gasteiger partial charge is 0.409 e. The fraction of sp³-hybridized carbons (Fsp3) is 0.390. The van der Waals surface area contributed by atoms with Crippen LogP contribution in [0.4, 0.5) is 4.79 Å². The van der Waals surface area contributed by atoms with Crippen molar-refractivity contribution in [3.8, 4) is 11.1 Å². The maximum Gasteiger partial charge on any atom is 0.409 e. The van der Waals surface area contributed by atoms with Gasteiger partial charge in [-0.3, -0.25) is 14.4 Å². The van der Waals surface area contributed by atoms with Gasteiger partial charge in [0.2, 0.25) is 0 Å². The first-order valence-corrected chi connectivity index (χ1v) is 18.5. The van der Waals surface area contributed by atoms with Crippen molar-refractivity contribution in [3.63, 3.8) is 0 Å². The van der Waals surface area contributed by atoms with Crippen LogP contribution in [0.5, 0.6) is 0 Å². The minimum atomic E-state index is -0.806. The number of rotatable bonds is 15. The summed E-state index contributed by atoms with van der Waals surface area (Å²) in [5.41, 5.74) is 5.74. The van der Waals surface area contributed by atoms with Crippen LogP contribution in [0.1, 0.15) is 84.7 Å². The number of methoxy groups -OCH3 is 1. The van der Waals surface area contributed by atoms with E-state index in [9.17, 15) is 19.2 Å². The predicted octanol–water partition coefficient (Wildman–Crippen LogP) is 7.58. The summed E-state index contributed by atoms with van der Waals surface area (Å²) in [6.07, 6.45) is -0.149. The molecule has 3 aromatic carbocycles. The summed E-state index contributed by atoms with van der Waals surface area (Å²) in [6.45, 7) is 7.26. The summed E-state index contributed by atoms with van der Waals surface area (Å²) in [7, 11) is 3.04. The number of carbonyl (C=O) groups excluding carboxylic acids is 4. The third-order valence-corrected chi connectivity index (χ3v) is 10.5. The number of nitrogens with one attached hydrogen (secondary N) is 1. The molecule has 0 fully saturated rings. The normalized spacial score (nSPS) is 14.4. The van der Waals surface area contributed by atoms with Crippen LogP contribution in [0, 0.1) is 11.8 Å². The van der Waals surface area contributed by atoms with Crippen LogP contribution >= 0.6 is 11.3 Å². The molecule has 11 heteroatoms. The lowest BCUT2D eigenvalue weighted by molar-refractivity contribution is -0.148. The molecule has 0 unspecified atom stereocenters. The van der Waals surface area contributed by atoms with Crippen LogP contribution in [0.3, 0.4) is 0 Å². The third-order valence-electron chi connectivity index (χ3n) is 9.59. The van der Waals surface area contributed by atoms with Crippen molar-refractivity contribution in [2.24, 2.45) is 11.8 Å². The second kappa shape index (κ2) is 17.5. The van der Waals surface area contributed by atoms with Crippen molar-refractivity contribution in [1.29, 1.82) is 0 Å². The van der Waals surface area contributed by atoms with Gasteiger partial charge in [0, 0.05) is 43.8 Å². The van der Waals surface area contributed by atoms with Crippen molar-refractivity contribution < 1.29 is 33.4 Å². The van der Waals surface area contributed by atoms with Crippen molar-refractivity contribution in [2.75, 3.05) is 20.8 Å². The Labute approximate surface area is 309 Å². The lowest BCUT2D eigenvalue weighted by atomic mass is 9.96. The zero-order chi connectivity index (χ0) is 37.4. The molecule has 4 atom stereocenters. The minimum absolute atomic E-state index is 0.0261. The monoisotopic (exact) mass is 725 g/mol. The van der Waals surface area contributed by atoms with Crippen molar-refractivity contribution in [3.05, 3.63) is 112 Å². The highest BCUT2D eigenvalue weighted by Crippen LogP contribution is 2.44. The van der Waals surface area contributed by atoms with Gasteiger partial charge in [0.25, 0.3) is 5.91 Å². The van der Waals surface area contributed by atoms with Crippen molar-refractivity contribution in [1.82, 2.24) is 15.2 Å². The average molecular weight is 726 g/mol. The van der Waals surface area contributed by atoms with Gasteiger partial charge < -0.3 is 24.4 Å². The molecule has 1 aliphatic rings. The molecule has 1 aromatic heterocycles. The third kappa shape index (κ3) is 9.25. The van der Waals surface area contributed by atoms with Gasteiger partial charge in [-0.2, -0.15) is 0 Å². The van der Waals surface area contributed by atoms with E-state index >= 15 is 0 Å². The topological polar surface area (TPSA) is 124 Å². The van der Waals surface area contributed by atoms with E-state index < -0.39 is 30.0 Å². The number of aromatic nitrogens is 1. The lowest BCUT2D eigenvalue weighted by Gasteiger charge is -2.33. The van der Waals surface area contributed by atoms with Gasteiger partial charge >= 0.3 is 18.0 Å². The van der Waals surface area contributed by atoms with E-state index in [0.29, 0.717) is 17.8 Å². The SMILES string of the molecule is COC(=O)[C@@H](C)C[C@H](Cc1ccccc1)NC(=O)c1csc([C@@H](C[C@H](C(C)C)N(C)C(=O)OCC2c3ccccc3-c3ccccc32)OC(C)=O)n1. The molecule has 0 bridgehead atoms. The van der Waals surface area contributed by atoms with E-state index in [0.717, 1.165) is 27.8 Å². The van der Waals surface area contributed by atoms with Crippen LogP contribution in [-0.2, 0) is 30.2 Å². The zero-order valence-electron chi connectivity index (χ0n) is 30.5. The van der Waals surface area contributed by atoms with Crippen molar-refractivity contribution in [2.45, 2.75) is 71.1 Å². The van der Waals surface area contributed by atoms with Crippen LogP contribution in [-0.4, -0.2) is 66.7 Å². The molecule has 52 heavy (non-hydrogen) atoms. The van der Waals surface area contributed by atoms with Gasteiger partial charge in [-0.15, -0.1) is 11.3 Å². The second-order valence-corrected chi connectivity index (χ2v) is 14.5. The van der Waals surface area contributed by atoms with E-state index in [1.165, 1.54) is 25.4 Å². The second-order valence-electron chi connectivity index (χ2n) is 13.7. The quantitative estimate of drug-likeness (QED) is 0.0983. The van der Waals surface area contributed by atoms with Gasteiger partial charge in [-0.25, -0.2) is 9.78 Å². The van der Waals surface area contributed by atoms with E-state index in [1.54, 1.807) is 24.3 Å². The molecular formula is C41H47N3O7S. The maximum atomic E-state index is 13.6. The Kier molecular flexibility index (Phi) is 12.8. The summed E-state index contributed by atoms with van der Waals surface area (Å²) in [4.78, 5) is 57.8. The maximum absolute atomic E-state index is 13.6. The molecule has 1 heterocycles. The van der Waals surface area contributed by atoms with Crippen LogP contribution in [0.2, 0.25) is 0 Å². The van der Waals surface area contributed by atoms with Gasteiger partial charge in [0.15, 0.2) is 6.10 Å². The number of hydrogen-bond acceptors (Lipinski definition) is 9. The molecule has 274 valence electrons. The molecular weight excluding hydrogens is 679 g/mol. The molecule has 10 nitrogen and oxygen atoms in total. The number of nitrogens with zero attached hydrogens (tertiary/aromatic N) is 2. The Bertz CT molecular complexity index is 1810. The Morgan fingerprint density at radius 3 is 2.10 bits per heavy atom. The largest absolute Gasteiger partial charge is 0.469 e. The first-order valence-electron chi connectivity index (χ1n) is 17.6. The van der Waals surface area contributed by atoms with Gasteiger partial charge in [0.1, 0.15) is 17.3 Å². The zero-order valence-corrected chi connectivity index (χ0v) is 31.4.